The van der Waals surface area contributed by atoms with Crippen LogP contribution in [0.4, 0.5) is 4.79 Å². The molecule has 1 aromatic carbocycles. The molecule has 190 valence electrons. The Morgan fingerprint density at radius 2 is 1.65 bits per heavy atom. The molecule has 0 spiro atoms. The first-order chi connectivity index (χ1) is 16.0. The minimum Gasteiger partial charge on any atom is -0.494 e. The first-order valence-electron chi connectivity index (χ1n) is 12.0. The topological polar surface area (TPSA) is 100 Å². The number of piperazine rings is 1. The number of nitrogens with one attached hydrogen (secondary N) is 2. The number of carbonyl (C=O) groups excluding carboxylic acids is 3. The zero-order chi connectivity index (χ0) is 25.3. The lowest BCUT2D eigenvalue weighted by Gasteiger charge is -2.35. The Morgan fingerprint density at radius 3 is 2.18 bits per heavy atom. The van der Waals surface area contributed by atoms with Gasteiger partial charge >= 0.3 is 6.09 Å². The second kappa shape index (κ2) is 12.6. The standard InChI is InChI=1S/C25H40N4O5/c1-7-33-20-10-8-19(9-11-20)22(30)27-21(18(2)3)23(31)26-12-13-28-14-16-29(17-15-28)24(32)34-25(4,5)6/h8-11,18,21H,7,12-17H2,1-6H3,(H,26,31)(H,27,30). The molecule has 0 aromatic heterocycles. The molecule has 2 rings (SSSR count). The Kier molecular flexibility index (Phi) is 10.2. The Bertz CT molecular complexity index is 812. The van der Waals surface area contributed by atoms with E-state index in [0.29, 0.717) is 44.1 Å². The molecule has 1 atom stereocenters. The molecule has 3 amide bonds. The molecule has 0 aliphatic carbocycles. The van der Waals surface area contributed by atoms with Crippen LogP contribution < -0.4 is 15.4 Å². The monoisotopic (exact) mass is 476 g/mol. The Hall–Kier alpha value is -2.81. The lowest BCUT2D eigenvalue weighted by Crippen LogP contribution is -2.53. The average Bonchev–Trinajstić information content (AvgIpc) is 2.77. The van der Waals surface area contributed by atoms with Crippen LogP contribution in [0.15, 0.2) is 24.3 Å². The van der Waals surface area contributed by atoms with E-state index < -0.39 is 11.6 Å². The zero-order valence-corrected chi connectivity index (χ0v) is 21.3. The minimum absolute atomic E-state index is 0.0657. The van der Waals surface area contributed by atoms with E-state index in [9.17, 15) is 14.4 Å². The Balaban J connectivity index is 1.77. The fourth-order valence-electron chi connectivity index (χ4n) is 3.56. The molecule has 1 aliphatic rings. The van der Waals surface area contributed by atoms with Gasteiger partial charge in [0.25, 0.3) is 5.91 Å². The van der Waals surface area contributed by atoms with Gasteiger partial charge in [-0.05, 0) is 57.9 Å². The molecule has 1 saturated heterocycles. The molecule has 1 aliphatic heterocycles. The second-order valence-corrected chi connectivity index (χ2v) is 9.75. The number of nitrogens with zero attached hydrogens (tertiary/aromatic N) is 2. The van der Waals surface area contributed by atoms with Gasteiger partial charge in [0.15, 0.2) is 0 Å². The maximum Gasteiger partial charge on any atom is 0.410 e. The van der Waals surface area contributed by atoms with Gasteiger partial charge in [-0.2, -0.15) is 0 Å². The quantitative estimate of drug-likeness (QED) is 0.568. The number of hydrogen-bond acceptors (Lipinski definition) is 6. The summed E-state index contributed by atoms with van der Waals surface area (Å²) < 4.78 is 10.8. The summed E-state index contributed by atoms with van der Waals surface area (Å²) >= 11 is 0. The smallest absolute Gasteiger partial charge is 0.410 e. The Labute approximate surface area is 203 Å². The van der Waals surface area contributed by atoms with Crippen molar-refractivity contribution in [1.82, 2.24) is 20.4 Å². The molecule has 1 unspecified atom stereocenters. The maximum absolute atomic E-state index is 12.8. The number of ether oxygens (including phenoxy) is 2. The van der Waals surface area contributed by atoms with Crippen molar-refractivity contribution >= 4 is 17.9 Å². The number of benzene rings is 1. The van der Waals surface area contributed by atoms with Crippen molar-refractivity contribution in [3.05, 3.63) is 29.8 Å². The summed E-state index contributed by atoms with van der Waals surface area (Å²) in [6, 6.07) is 6.22. The van der Waals surface area contributed by atoms with Gasteiger partial charge in [0.05, 0.1) is 6.61 Å². The highest BCUT2D eigenvalue weighted by atomic mass is 16.6. The van der Waals surface area contributed by atoms with Crippen LogP contribution in [0, 0.1) is 5.92 Å². The van der Waals surface area contributed by atoms with E-state index in [4.69, 9.17) is 9.47 Å². The summed E-state index contributed by atoms with van der Waals surface area (Å²) in [5.74, 6) is 0.130. The third-order valence-corrected chi connectivity index (χ3v) is 5.41. The molecule has 9 nitrogen and oxygen atoms in total. The van der Waals surface area contributed by atoms with Crippen LogP contribution in [0.3, 0.4) is 0 Å². The molecule has 0 radical (unpaired) electrons. The number of carbonyl (C=O) groups is 3. The summed E-state index contributed by atoms with van der Waals surface area (Å²) in [4.78, 5) is 41.5. The van der Waals surface area contributed by atoms with E-state index in [-0.39, 0.29) is 23.8 Å². The van der Waals surface area contributed by atoms with Crippen molar-refractivity contribution in [2.75, 3.05) is 45.9 Å². The number of hydrogen-bond donors (Lipinski definition) is 2. The number of rotatable bonds is 9. The van der Waals surface area contributed by atoms with Crippen molar-refractivity contribution < 1.29 is 23.9 Å². The lowest BCUT2D eigenvalue weighted by atomic mass is 10.0. The molecule has 34 heavy (non-hydrogen) atoms. The Morgan fingerprint density at radius 1 is 1.03 bits per heavy atom. The molecule has 1 aromatic rings. The summed E-state index contributed by atoms with van der Waals surface area (Å²) in [6.07, 6.45) is -0.288. The van der Waals surface area contributed by atoms with Gasteiger partial charge in [-0.3, -0.25) is 14.5 Å². The minimum atomic E-state index is -0.636. The zero-order valence-electron chi connectivity index (χ0n) is 21.3. The van der Waals surface area contributed by atoms with Crippen LogP contribution in [-0.2, 0) is 9.53 Å². The SMILES string of the molecule is CCOc1ccc(C(=O)NC(C(=O)NCCN2CCN(C(=O)OC(C)(C)C)CC2)C(C)C)cc1. The van der Waals surface area contributed by atoms with E-state index in [1.807, 2.05) is 41.5 Å². The lowest BCUT2D eigenvalue weighted by molar-refractivity contribution is -0.124. The van der Waals surface area contributed by atoms with E-state index in [1.165, 1.54) is 0 Å². The van der Waals surface area contributed by atoms with Crippen LogP contribution in [0.5, 0.6) is 5.75 Å². The molecule has 9 heteroatoms. The van der Waals surface area contributed by atoms with Crippen molar-refractivity contribution in [2.24, 2.45) is 5.92 Å². The van der Waals surface area contributed by atoms with Gasteiger partial charge in [0, 0.05) is 44.8 Å². The summed E-state index contributed by atoms with van der Waals surface area (Å²) in [5, 5.41) is 5.78. The van der Waals surface area contributed by atoms with Gasteiger partial charge in [-0.25, -0.2) is 4.79 Å². The third kappa shape index (κ3) is 8.85. The van der Waals surface area contributed by atoms with Crippen molar-refractivity contribution in [3.8, 4) is 5.75 Å². The van der Waals surface area contributed by atoms with E-state index in [0.717, 1.165) is 13.1 Å². The van der Waals surface area contributed by atoms with Crippen LogP contribution in [0.25, 0.3) is 0 Å². The number of amides is 3. The van der Waals surface area contributed by atoms with Gasteiger partial charge in [-0.15, -0.1) is 0 Å². The van der Waals surface area contributed by atoms with Crippen molar-refractivity contribution in [2.45, 2.75) is 53.2 Å². The fourth-order valence-corrected chi connectivity index (χ4v) is 3.56. The first kappa shape index (κ1) is 27.4. The highest BCUT2D eigenvalue weighted by Crippen LogP contribution is 2.13. The van der Waals surface area contributed by atoms with Crippen molar-refractivity contribution in [3.63, 3.8) is 0 Å². The van der Waals surface area contributed by atoms with Crippen LogP contribution in [0.1, 0.15) is 51.9 Å². The van der Waals surface area contributed by atoms with E-state index in [2.05, 4.69) is 15.5 Å². The highest BCUT2D eigenvalue weighted by Gasteiger charge is 2.27. The molecule has 0 saturated carbocycles. The first-order valence-corrected chi connectivity index (χ1v) is 12.0. The highest BCUT2D eigenvalue weighted by molar-refractivity contribution is 5.97. The van der Waals surface area contributed by atoms with Crippen LogP contribution in [-0.4, -0.2) is 85.2 Å². The second-order valence-electron chi connectivity index (χ2n) is 9.75. The fraction of sp³-hybridized carbons (Fsp3) is 0.640. The third-order valence-electron chi connectivity index (χ3n) is 5.41. The molecule has 1 fully saturated rings. The van der Waals surface area contributed by atoms with Gasteiger partial charge in [0.2, 0.25) is 5.91 Å². The maximum atomic E-state index is 12.8. The van der Waals surface area contributed by atoms with Crippen molar-refractivity contribution in [1.29, 1.82) is 0 Å². The predicted octanol–water partition coefficient (Wildman–Crippen LogP) is 2.51. The van der Waals surface area contributed by atoms with E-state index in [1.54, 1.807) is 29.2 Å². The van der Waals surface area contributed by atoms with Gasteiger partial charge < -0.3 is 25.0 Å². The molecular weight excluding hydrogens is 436 g/mol. The normalized spacial score (nSPS) is 15.6. The summed E-state index contributed by atoms with van der Waals surface area (Å²) in [6.45, 7) is 15.6. The predicted molar refractivity (Wildman–Crippen MR) is 131 cm³/mol. The van der Waals surface area contributed by atoms with Gasteiger partial charge in [-0.1, -0.05) is 13.8 Å². The largest absolute Gasteiger partial charge is 0.494 e. The molecule has 0 bridgehead atoms. The van der Waals surface area contributed by atoms with Crippen LogP contribution in [0.2, 0.25) is 0 Å². The van der Waals surface area contributed by atoms with Crippen LogP contribution >= 0.6 is 0 Å². The van der Waals surface area contributed by atoms with E-state index >= 15 is 0 Å². The van der Waals surface area contributed by atoms with Gasteiger partial charge in [0.1, 0.15) is 17.4 Å². The molecular formula is C25H40N4O5. The molecule has 2 N–H and O–H groups in total. The average molecular weight is 477 g/mol. The summed E-state index contributed by atoms with van der Waals surface area (Å²) in [5.41, 5.74) is -0.0295. The summed E-state index contributed by atoms with van der Waals surface area (Å²) in [7, 11) is 0. The molecule has 1 heterocycles.